The highest BCUT2D eigenvalue weighted by Gasteiger charge is 2.28. The molecule has 0 aromatic rings. The summed E-state index contributed by atoms with van der Waals surface area (Å²) in [6, 6.07) is -1.51. The number of ether oxygens (including phenoxy) is 2. The van der Waals surface area contributed by atoms with Crippen molar-refractivity contribution in [2.24, 2.45) is 5.73 Å². The van der Waals surface area contributed by atoms with Crippen molar-refractivity contribution in [2.45, 2.75) is 154 Å². The van der Waals surface area contributed by atoms with Crippen molar-refractivity contribution >= 4 is 25.7 Å². The van der Waals surface area contributed by atoms with Gasteiger partial charge in [0.1, 0.15) is 12.6 Å². The molecular weight excluding hydrogens is 565 g/mol. The van der Waals surface area contributed by atoms with Gasteiger partial charge in [-0.3, -0.25) is 23.4 Å². The number of hydrogen-bond acceptors (Lipinski definition) is 9. The van der Waals surface area contributed by atoms with Gasteiger partial charge in [-0.25, -0.2) is 4.57 Å². The van der Waals surface area contributed by atoms with Gasteiger partial charge in [0.15, 0.2) is 6.10 Å². The van der Waals surface area contributed by atoms with Gasteiger partial charge in [0.2, 0.25) is 0 Å². The van der Waals surface area contributed by atoms with Crippen LogP contribution in [-0.4, -0.2) is 59.9 Å². The summed E-state index contributed by atoms with van der Waals surface area (Å²) < 4.78 is 32.3. The van der Waals surface area contributed by atoms with Crippen LogP contribution in [0.25, 0.3) is 0 Å². The van der Waals surface area contributed by atoms with Crippen LogP contribution >= 0.6 is 7.82 Å². The van der Waals surface area contributed by atoms with Crippen LogP contribution in [0.5, 0.6) is 0 Å². The number of nitrogens with two attached hydrogens (primary N) is 1. The van der Waals surface area contributed by atoms with Gasteiger partial charge in [-0.2, -0.15) is 0 Å². The Balaban J connectivity index is 4.52. The molecule has 3 unspecified atom stereocenters. The Labute approximate surface area is 253 Å². The first-order valence-electron chi connectivity index (χ1n) is 16.1. The van der Waals surface area contributed by atoms with Gasteiger partial charge in [-0.05, 0) is 12.8 Å². The van der Waals surface area contributed by atoms with Crippen LogP contribution in [-0.2, 0) is 37.5 Å². The number of carboxylic acids is 1. The van der Waals surface area contributed by atoms with E-state index in [4.69, 9.17) is 24.8 Å². The lowest BCUT2D eigenvalue weighted by Crippen LogP contribution is -2.34. The van der Waals surface area contributed by atoms with Gasteiger partial charge >= 0.3 is 25.7 Å². The summed E-state index contributed by atoms with van der Waals surface area (Å²) in [5.74, 6) is -2.38. The molecule has 3 atom stereocenters. The van der Waals surface area contributed by atoms with Gasteiger partial charge in [-0.15, -0.1) is 0 Å². The van der Waals surface area contributed by atoms with Crippen molar-refractivity contribution in [3.63, 3.8) is 0 Å². The summed E-state index contributed by atoms with van der Waals surface area (Å²) in [7, 11) is -4.69. The van der Waals surface area contributed by atoms with E-state index in [9.17, 15) is 23.8 Å². The quantitative estimate of drug-likeness (QED) is 0.0435. The molecule has 0 bridgehead atoms. The molecule has 0 amide bonds. The first-order chi connectivity index (χ1) is 20.1. The fourth-order valence-corrected chi connectivity index (χ4v) is 5.02. The van der Waals surface area contributed by atoms with E-state index in [1.54, 1.807) is 0 Å². The topological polar surface area (TPSA) is 172 Å². The van der Waals surface area contributed by atoms with Crippen molar-refractivity contribution in [1.29, 1.82) is 0 Å². The third-order valence-corrected chi connectivity index (χ3v) is 7.81. The molecule has 0 aromatic heterocycles. The standard InChI is InChI=1S/C30H58NO10P/c1-3-5-7-9-11-12-13-14-16-18-20-22-29(33)41-26(24-39-42(36,37)40-25-27(31)30(34)35)23-38-28(32)21-19-17-15-10-8-6-4-2/h26-27H,3-25,31H2,1-2H3,(H,34,35)(H,36,37). The van der Waals surface area contributed by atoms with E-state index in [-0.39, 0.29) is 19.4 Å². The zero-order valence-electron chi connectivity index (χ0n) is 26.1. The maximum Gasteiger partial charge on any atom is 0.472 e. The average molecular weight is 624 g/mol. The smallest absolute Gasteiger partial charge is 0.472 e. The van der Waals surface area contributed by atoms with Crippen LogP contribution in [0.4, 0.5) is 0 Å². The van der Waals surface area contributed by atoms with Crippen LogP contribution in [0.15, 0.2) is 0 Å². The zero-order valence-corrected chi connectivity index (χ0v) is 27.0. The van der Waals surface area contributed by atoms with Gasteiger partial charge in [0.05, 0.1) is 13.2 Å². The third-order valence-electron chi connectivity index (χ3n) is 6.86. The number of phosphoric ester groups is 1. The largest absolute Gasteiger partial charge is 0.480 e. The van der Waals surface area contributed by atoms with Crippen molar-refractivity contribution in [3.8, 4) is 0 Å². The van der Waals surface area contributed by atoms with Crippen molar-refractivity contribution < 1.29 is 47.5 Å². The van der Waals surface area contributed by atoms with Crippen LogP contribution in [0.2, 0.25) is 0 Å². The van der Waals surface area contributed by atoms with Gasteiger partial charge in [0, 0.05) is 12.8 Å². The summed E-state index contributed by atoms with van der Waals surface area (Å²) in [5.41, 5.74) is 5.28. The first kappa shape index (κ1) is 40.5. The molecule has 0 fully saturated rings. The molecule has 42 heavy (non-hydrogen) atoms. The Kier molecular flexibility index (Phi) is 26.1. The maximum absolute atomic E-state index is 12.4. The minimum absolute atomic E-state index is 0.167. The van der Waals surface area contributed by atoms with Crippen LogP contribution in [0.1, 0.15) is 142 Å². The van der Waals surface area contributed by atoms with E-state index in [1.807, 2.05) is 0 Å². The molecule has 12 heteroatoms. The minimum Gasteiger partial charge on any atom is -0.480 e. The zero-order chi connectivity index (χ0) is 31.5. The molecular formula is C30H58NO10P. The molecule has 0 aliphatic rings. The van der Waals surface area contributed by atoms with Gasteiger partial charge < -0.3 is 25.2 Å². The lowest BCUT2D eigenvalue weighted by atomic mass is 10.1. The normalized spacial score (nSPS) is 14.2. The molecule has 0 rings (SSSR count). The Morgan fingerprint density at radius 3 is 1.50 bits per heavy atom. The molecule has 11 nitrogen and oxygen atoms in total. The molecule has 0 spiro atoms. The van der Waals surface area contributed by atoms with Gasteiger partial charge in [0.25, 0.3) is 0 Å². The van der Waals surface area contributed by atoms with E-state index < -0.39 is 51.1 Å². The summed E-state index contributed by atoms with van der Waals surface area (Å²) in [5, 5.41) is 8.80. The Hall–Kier alpha value is -1.52. The summed E-state index contributed by atoms with van der Waals surface area (Å²) in [6.07, 6.45) is 19.2. The van der Waals surface area contributed by atoms with Crippen LogP contribution in [0.3, 0.4) is 0 Å². The monoisotopic (exact) mass is 623 g/mol. The molecule has 4 N–H and O–H groups in total. The molecule has 0 saturated carbocycles. The number of carbonyl (C=O) groups excluding carboxylic acids is 2. The maximum atomic E-state index is 12.4. The molecule has 0 aliphatic heterocycles. The molecule has 0 heterocycles. The molecule has 0 aliphatic carbocycles. The predicted octanol–water partition coefficient (Wildman–Crippen LogP) is 6.83. The highest BCUT2D eigenvalue weighted by atomic mass is 31.2. The Bertz CT molecular complexity index is 752. The molecule has 248 valence electrons. The average Bonchev–Trinajstić information content (AvgIpc) is 2.95. The van der Waals surface area contributed by atoms with Crippen molar-refractivity contribution in [3.05, 3.63) is 0 Å². The van der Waals surface area contributed by atoms with Crippen LogP contribution in [0, 0.1) is 0 Å². The minimum atomic E-state index is -4.69. The highest BCUT2D eigenvalue weighted by molar-refractivity contribution is 7.47. The van der Waals surface area contributed by atoms with E-state index in [0.717, 1.165) is 38.5 Å². The lowest BCUT2D eigenvalue weighted by molar-refractivity contribution is -0.161. The Morgan fingerprint density at radius 1 is 0.643 bits per heavy atom. The fourth-order valence-electron chi connectivity index (χ4n) is 4.24. The summed E-state index contributed by atoms with van der Waals surface area (Å²) in [6.45, 7) is 2.70. The second kappa shape index (κ2) is 27.1. The third kappa shape index (κ3) is 26.1. The number of aliphatic carboxylic acids is 1. The molecule has 0 aromatic carbocycles. The van der Waals surface area contributed by atoms with Crippen molar-refractivity contribution in [2.75, 3.05) is 19.8 Å². The number of carbonyl (C=O) groups is 3. The second-order valence-corrected chi connectivity index (χ2v) is 12.4. The second-order valence-electron chi connectivity index (χ2n) is 11.0. The highest BCUT2D eigenvalue weighted by Crippen LogP contribution is 2.43. The van der Waals surface area contributed by atoms with Crippen molar-refractivity contribution in [1.82, 2.24) is 0 Å². The number of phosphoric acid groups is 1. The number of hydrogen-bond donors (Lipinski definition) is 3. The van der Waals surface area contributed by atoms with Crippen LogP contribution < -0.4 is 5.73 Å². The Morgan fingerprint density at radius 2 is 1.05 bits per heavy atom. The van der Waals surface area contributed by atoms with E-state index in [0.29, 0.717) is 12.8 Å². The number of rotatable bonds is 30. The summed E-state index contributed by atoms with van der Waals surface area (Å²) in [4.78, 5) is 45.3. The van der Waals surface area contributed by atoms with E-state index >= 15 is 0 Å². The van der Waals surface area contributed by atoms with E-state index in [1.165, 1.54) is 64.2 Å². The lowest BCUT2D eigenvalue weighted by Gasteiger charge is -2.20. The van der Waals surface area contributed by atoms with Gasteiger partial charge in [-0.1, -0.05) is 117 Å². The van der Waals surface area contributed by atoms with E-state index in [2.05, 4.69) is 18.4 Å². The molecule has 0 radical (unpaired) electrons. The SMILES string of the molecule is CCCCCCCCCCCCCC(=O)OC(COC(=O)CCCCCCCCC)COP(=O)(O)OCC(N)C(=O)O. The summed E-state index contributed by atoms with van der Waals surface area (Å²) >= 11 is 0. The molecule has 0 saturated heterocycles. The first-order valence-corrected chi connectivity index (χ1v) is 17.6. The fraction of sp³-hybridized carbons (Fsp3) is 0.900. The number of unbranched alkanes of at least 4 members (excludes halogenated alkanes) is 16. The number of esters is 2. The number of carboxylic acid groups (broad SMARTS) is 1. The predicted molar refractivity (Wildman–Crippen MR) is 162 cm³/mol.